The summed E-state index contributed by atoms with van der Waals surface area (Å²) in [5.74, 6) is -0.196. The van der Waals surface area contributed by atoms with E-state index in [2.05, 4.69) is 10.6 Å². The molecule has 0 saturated carbocycles. The molecular weight excluding hydrogens is 288 g/mol. The minimum absolute atomic E-state index is 0.00624. The normalized spacial score (nSPS) is 10.0. The van der Waals surface area contributed by atoms with Gasteiger partial charge < -0.3 is 10.6 Å². The average Bonchev–Trinajstić information content (AvgIpc) is 2.47. The molecule has 0 spiro atoms. The molecule has 2 aromatic rings. The van der Waals surface area contributed by atoms with Crippen molar-refractivity contribution in [3.63, 3.8) is 0 Å². The van der Waals surface area contributed by atoms with Gasteiger partial charge in [-0.3, -0.25) is 9.59 Å². The van der Waals surface area contributed by atoms with E-state index < -0.39 is 0 Å². The van der Waals surface area contributed by atoms with E-state index >= 15 is 0 Å². The zero-order valence-corrected chi connectivity index (χ0v) is 12.3. The first-order valence-electron chi connectivity index (χ1n) is 6.45. The lowest BCUT2D eigenvalue weighted by Gasteiger charge is -2.09. The fourth-order valence-electron chi connectivity index (χ4n) is 1.77. The van der Waals surface area contributed by atoms with Crippen molar-refractivity contribution in [2.75, 3.05) is 17.2 Å². The second-order valence-corrected chi connectivity index (χ2v) is 4.92. The van der Waals surface area contributed by atoms with Crippen LogP contribution in [0, 0.1) is 0 Å². The minimum Gasteiger partial charge on any atom is -0.375 e. The first kappa shape index (κ1) is 15.1. The Balaban J connectivity index is 1.90. The topological polar surface area (TPSA) is 58.2 Å². The SMILES string of the molecule is CC(=O)c1ccc(NC(=O)CNc2ccccc2Cl)cc1. The largest absolute Gasteiger partial charge is 0.375 e. The van der Waals surface area contributed by atoms with Crippen LogP contribution in [0.1, 0.15) is 17.3 Å². The van der Waals surface area contributed by atoms with Gasteiger partial charge in [0.2, 0.25) is 5.91 Å². The Labute approximate surface area is 128 Å². The van der Waals surface area contributed by atoms with E-state index in [1.807, 2.05) is 12.1 Å². The maximum absolute atomic E-state index is 11.8. The van der Waals surface area contributed by atoms with E-state index in [9.17, 15) is 9.59 Å². The van der Waals surface area contributed by atoms with Gasteiger partial charge in [0.1, 0.15) is 0 Å². The van der Waals surface area contributed by atoms with E-state index in [0.717, 1.165) is 0 Å². The lowest BCUT2D eigenvalue weighted by atomic mass is 10.1. The molecule has 1 amide bonds. The number of halogens is 1. The van der Waals surface area contributed by atoms with Crippen LogP contribution in [0.15, 0.2) is 48.5 Å². The number of nitrogens with one attached hydrogen (secondary N) is 2. The van der Waals surface area contributed by atoms with Crippen molar-refractivity contribution in [2.24, 2.45) is 0 Å². The van der Waals surface area contributed by atoms with E-state index in [1.54, 1.807) is 36.4 Å². The van der Waals surface area contributed by atoms with Gasteiger partial charge in [0.25, 0.3) is 0 Å². The molecule has 0 unspecified atom stereocenters. The van der Waals surface area contributed by atoms with Crippen molar-refractivity contribution < 1.29 is 9.59 Å². The highest BCUT2D eigenvalue weighted by molar-refractivity contribution is 6.33. The van der Waals surface area contributed by atoms with Crippen LogP contribution in [-0.4, -0.2) is 18.2 Å². The zero-order chi connectivity index (χ0) is 15.2. The molecule has 0 aliphatic rings. The van der Waals surface area contributed by atoms with Crippen LogP contribution in [0.4, 0.5) is 11.4 Å². The Morgan fingerprint density at radius 1 is 1.05 bits per heavy atom. The Hall–Kier alpha value is -2.33. The van der Waals surface area contributed by atoms with Crippen molar-refractivity contribution >= 4 is 34.7 Å². The number of amides is 1. The van der Waals surface area contributed by atoms with Gasteiger partial charge in [-0.05, 0) is 43.3 Å². The second kappa shape index (κ2) is 6.90. The summed E-state index contributed by atoms with van der Waals surface area (Å²) in [5, 5.41) is 6.27. The quantitative estimate of drug-likeness (QED) is 0.830. The van der Waals surface area contributed by atoms with Crippen LogP contribution >= 0.6 is 11.6 Å². The van der Waals surface area contributed by atoms with Crippen LogP contribution in [0.3, 0.4) is 0 Å². The summed E-state index contributed by atoms with van der Waals surface area (Å²) in [6.45, 7) is 1.61. The van der Waals surface area contributed by atoms with Gasteiger partial charge in [-0.15, -0.1) is 0 Å². The van der Waals surface area contributed by atoms with E-state index in [1.165, 1.54) is 6.92 Å². The fraction of sp³-hybridized carbons (Fsp3) is 0.125. The average molecular weight is 303 g/mol. The van der Waals surface area contributed by atoms with Crippen LogP contribution in [0.5, 0.6) is 0 Å². The molecule has 0 aliphatic carbocycles. The molecule has 0 heterocycles. The van der Waals surface area contributed by atoms with Gasteiger partial charge in [0.15, 0.2) is 5.78 Å². The number of ketones is 1. The summed E-state index contributed by atoms with van der Waals surface area (Å²) in [7, 11) is 0. The Kier molecular flexibility index (Phi) is 4.95. The number of rotatable bonds is 5. The van der Waals surface area contributed by atoms with Crippen molar-refractivity contribution in [1.82, 2.24) is 0 Å². The molecule has 0 radical (unpaired) electrons. The summed E-state index contributed by atoms with van der Waals surface area (Å²) >= 11 is 5.99. The molecule has 0 bridgehead atoms. The standard InChI is InChI=1S/C16H15ClN2O2/c1-11(20)12-6-8-13(9-7-12)19-16(21)10-18-15-5-3-2-4-14(15)17/h2-9,18H,10H2,1H3,(H,19,21). The highest BCUT2D eigenvalue weighted by atomic mass is 35.5. The summed E-state index contributed by atoms with van der Waals surface area (Å²) in [6.07, 6.45) is 0. The molecule has 5 heteroatoms. The van der Waals surface area contributed by atoms with Crippen LogP contribution in [0.25, 0.3) is 0 Å². The first-order chi connectivity index (χ1) is 10.1. The Bertz CT molecular complexity index is 654. The molecule has 0 fully saturated rings. The number of para-hydroxylation sites is 1. The van der Waals surface area contributed by atoms with Crippen molar-refractivity contribution in [3.8, 4) is 0 Å². The smallest absolute Gasteiger partial charge is 0.243 e. The fourth-order valence-corrected chi connectivity index (χ4v) is 1.98. The van der Waals surface area contributed by atoms with Gasteiger partial charge in [0.05, 0.1) is 17.3 Å². The number of Topliss-reactive ketones (excluding diaryl/α,β-unsaturated/α-hetero) is 1. The van der Waals surface area contributed by atoms with Gasteiger partial charge >= 0.3 is 0 Å². The monoisotopic (exact) mass is 302 g/mol. The molecule has 0 saturated heterocycles. The summed E-state index contributed by atoms with van der Waals surface area (Å²) in [4.78, 5) is 23.0. The van der Waals surface area contributed by atoms with Crippen LogP contribution in [-0.2, 0) is 4.79 Å². The van der Waals surface area contributed by atoms with Crippen molar-refractivity contribution in [1.29, 1.82) is 0 Å². The summed E-state index contributed by atoms with van der Waals surface area (Å²) in [5.41, 5.74) is 1.97. The van der Waals surface area contributed by atoms with E-state index in [0.29, 0.717) is 22.0 Å². The Morgan fingerprint density at radius 3 is 2.33 bits per heavy atom. The Morgan fingerprint density at radius 2 is 1.71 bits per heavy atom. The third-order valence-electron chi connectivity index (χ3n) is 2.89. The molecule has 2 N–H and O–H groups in total. The van der Waals surface area contributed by atoms with Gasteiger partial charge in [0, 0.05) is 11.3 Å². The zero-order valence-electron chi connectivity index (χ0n) is 11.5. The molecule has 2 aromatic carbocycles. The van der Waals surface area contributed by atoms with Crippen LogP contribution in [0.2, 0.25) is 5.02 Å². The number of carbonyl (C=O) groups is 2. The third kappa shape index (κ3) is 4.33. The highest BCUT2D eigenvalue weighted by Crippen LogP contribution is 2.20. The third-order valence-corrected chi connectivity index (χ3v) is 3.22. The van der Waals surface area contributed by atoms with Crippen LogP contribution < -0.4 is 10.6 Å². The highest BCUT2D eigenvalue weighted by Gasteiger charge is 2.05. The van der Waals surface area contributed by atoms with Crippen molar-refractivity contribution in [3.05, 3.63) is 59.1 Å². The molecule has 4 nitrogen and oxygen atoms in total. The lowest BCUT2D eigenvalue weighted by Crippen LogP contribution is -2.21. The number of hydrogen-bond donors (Lipinski definition) is 2. The second-order valence-electron chi connectivity index (χ2n) is 4.52. The van der Waals surface area contributed by atoms with Gasteiger partial charge in [-0.2, -0.15) is 0 Å². The lowest BCUT2D eigenvalue weighted by molar-refractivity contribution is -0.114. The van der Waals surface area contributed by atoms with Crippen molar-refractivity contribution in [2.45, 2.75) is 6.92 Å². The molecule has 0 aliphatic heterocycles. The predicted molar refractivity (Wildman–Crippen MR) is 85.0 cm³/mol. The minimum atomic E-state index is -0.189. The molecule has 2 rings (SSSR count). The number of anilines is 2. The summed E-state index contributed by atoms with van der Waals surface area (Å²) < 4.78 is 0. The van der Waals surface area contributed by atoms with Gasteiger partial charge in [-0.25, -0.2) is 0 Å². The number of hydrogen-bond acceptors (Lipinski definition) is 3. The first-order valence-corrected chi connectivity index (χ1v) is 6.83. The molecule has 21 heavy (non-hydrogen) atoms. The maximum Gasteiger partial charge on any atom is 0.243 e. The number of benzene rings is 2. The van der Waals surface area contributed by atoms with E-state index in [4.69, 9.17) is 11.6 Å². The number of carbonyl (C=O) groups excluding carboxylic acids is 2. The molecule has 108 valence electrons. The maximum atomic E-state index is 11.8. The predicted octanol–water partition coefficient (Wildman–Crippen LogP) is 3.59. The summed E-state index contributed by atoms with van der Waals surface area (Å²) in [6, 6.07) is 14.0. The molecule has 0 aromatic heterocycles. The molecular formula is C16H15ClN2O2. The van der Waals surface area contributed by atoms with Gasteiger partial charge in [-0.1, -0.05) is 23.7 Å². The van der Waals surface area contributed by atoms with E-state index in [-0.39, 0.29) is 18.2 Å². The molecule has 0 atom stereocenters.